The molecule has 1 saturated heterocycles. The smallest absolute Gasteiger partial charge is 0.190 e. The lowest BCUT2D eigenvalue weighted by Crippen LogP contribution is -2.41. The molecule has 126 valence electrons. The second-order valence-electron chi connectivity index (χ2n) is 5.51. The van der Waals surface area contributed by atoms with Crippen molar-refractivity contribution in [1.82, 2.24) is 20.5 Å². The molecule has 22 heavy (non-hydrogen) atoms. The Morgan fingerprint density at radius 1 is 1.45 bits per heavy atom. The molecule has 1 aromatic rings. The molecule has 2 rings (SSSR count). The van der Waals surface area contributed by atoms with Gasteiger partial charge in [-0.1, -0.05) is 6.92 Å². The van der Waals surface area contributed by atoms with Gasteiger partial charge in [-0.25, -0.2) is 4.98 Å². The number of aryl methyl sites for hydroxylation is 1. The van der Waals surface area contributed by atoms with Crippen molar-refractivity contribution in [2.45, 2.75) is 32.7 Å². The molecule has 0 unspecified atom stereocenters. The molecule has 2 heterocycles. The average Bonchev–Trinajstić information content (AvgIpc) is 2.97. The average molecular weight is 437 g/mol. The second kappa shape index (κ2) is 10.4. The summed E-state index contributed by atoms with van der Waals surface area (Å²) in [5, 5.41) is 9.90. The van der Waals surface area contributed by atoms with Crippen LogP contribution in [0.2, 0.25) is 0 Å². The number of aliphatic imine (C=N–C) groups is 1. The van der Waals surface area contributed by atoms with Gasteiger partial charge in [0.05, 0.1) is 10.7 Å². The van der Waals surface area contributed by atoms with Gasteiger partial charge in [0, 0.05) is 32.6 Å². The molecule has 0 spiro atoms. The number of aromatic nitrogens is 1. The van der Waals surface area contributed by atoms with Crippen LogP contribution in [-0.2, 0) is 13.0 Å². The Kier molecular flexibility index (Phi) is 9.27. The summed E-state index contributed by atoms with van der Waals surface area (Å²) in [5.41, 5.74) is 1.24. The number of halogens is 1. The zero-order valence-electron chi connectivity index (χ0n) is 13.8. The van der Waals surface area contributed by atoms with Crippen molar-refractivity contribution >= 4 is 41.3 Å². The lowest BCUT2D eigenvalue weighted by molar-refractivity contribution is 0.176. The maximum absolute atomic E-state index is 4.66. The van der Waals surface area contributed by atoms with Crippen LogP contribution < -0.4 is 10.6 Å². The Labute approximate surface area is 155 Å². The third-order valence-electron chi connectivity index (χ3n) is 4.01. The number of nitrogens with one attached hydrogen (secondary N) is 2. The van der Waals surface area contributed by atoms with Gasteiger partial charge in [0.25, 0.3) is 0 Å². The van der Waals surface area contributed by atoms with Crippen molar-refractivity contribution < 1.29 is 0 Å². The number of nitrogens with zero attached hydrogens (tertiary/aromatic N) is 3. The molecule has 1 aliphatic heterocycles. The quantitative estimate of drug-likeness (QED) is 0.422. The van der Waals surface area contributed by atoms with E-state index in [9.17, 15) is 0 Å². The Morgan fingerprint density at radius 2 is 2.18 bits per heavy atom. The maximum atomic E-state index is 4.66. The number of hydrogen-bond acceptors (Lipinski definition) is 4. The van der Waals surface area contributed by atoms with E-state index in [2.05, 4.69) is 37.8 Å². The Balaban J connectivity index is 0.00000242. The van der Waals surface area contributed by atoms with Crippen molar-refractivity contribution in [3.63, 3.8) is 0 Å². The van der Waals surface area contributed by atoms with Gasteiger partial charge in [0.15, 0.2) is 5.96 Å². The van der Waals surface area contributed by atoms with Crippen molar-refractivity contribution in [2.75, 3.05) is 33.7 Å². The number of thiazole rings is 1. The minimum absolute atomic E-state index is 0. The molecule has 0 atom stereocenters. The summed E-state index contributed by atoms with van der Waals surface area (Å²) >= 11 is 1.79. The highest BCUT2D eigenvalue weighted by Gasteiger charge is 2.20. The van der Waals surface area contributed by atoms with Gasteiger partial charge in [-0.05, 0) is 38.3 Å². The number of rotatable bonds is 5. The molecule has 7 heteroatoms. The van der Waals surface area contributed by atoms with Crippen molar-refractivity contribution in [3.05, 3.63) is 16.1 Å². The van der Waals surface area contributed by atoms with E-state index in [1.807, 2.05) is 7.05 Å². The predicted molar refractivity (Wildman–Crippen MR) is 105 cm³/mol. The molecule has 0 aliphatic carbocycles. The SMILES string of the molecule is CCc1nc(CN2CCC(CNC(=NC)NC)CC2)cs1.I. The molecule has 0 saturated carbocycles. The van der Waals surface area contributed by atoms with E-state index in [0.717, 1.165) is 31.4 Å². The molecule has 5 nitrogen and oxygen atoms in total. The van der Waals surface area contributed by atoms with Gasteiger partial charge in [-0.2, -0.15) is 0 Å². The molecule has 0 radical (unpaired) electrons. The summed E-state index contributed by atoms with van der Waals surface area (Å²) in [6.07, 6.45) is 3.54. The van der Waals surface area contributed by atoms with Crippen LogP contribution in [0.5, 0.6) is 0 Å². The van der Waals surface area contributed by atoms with Crippen molar-refractivity contribution in [3.8, 4) is 0 Å². The molecule has 1 fully saturated rings. The monoisotopic (exact) mass is 437 g/mol. The molecular formula is C15H28IN5S. The van der Waals surface area contributed by atoms with E-state index >= 15 is 0 Å². The zero-order valence-corrected chi connectivity index (χ0v) is 16.9. The summed E-state index contributed by atoms with van der Waals surface area (Å²) in [6, 6.07) is 0. The molecule has 0 amide bonds. The second-order valence-corrected chi connectivity index (χ2v) is 6.45. The third kappa shape index (κ3) is 6.00. The van der Waals surface area contributed by atoms with E-state index in [1.54, 1.807) is 18.4 Å². The summed E-state index contributed by atoms with van der Waals surface area (Å²) in [4.78, 5) is 11.3. The lowest BCUT2D eigenvalue weighted by Gasteiger charge is -2.31. The first kappa shape index (κ1) is 19.6. The van der Waals surface area contributed by atoms with Gasteiger partial charge >= 0.3 is 0 Å². The number of likely N-dealkylation sites (tertiary alicyclic amines) is 1. The van der Waals surface area contributed by atoms with E-state index < -0.39 is 0 Å². The van der Waals surface area contributed by atoms with E-state index in [0.29, 0.717) is 0 Å². The molecule has 1 aromatic heterocycles. The first-order chi connectivity index (χ1) is 10.2. The van der Waals surface area contributed by atoms with E-state index in [1.165, 1.54) is 36.6 Å². The normalized spacial score (nSPS) is 17.1. The summed E-state index contributed by atoms with van der Waals surface area (Å²) < 4.78 is 0. The Morgan fingerprint density at radius 3 is 2.73 bits per heavy atom. The van der Waals surface area contributed by atoms with Gasteiger partial charge in [0.2, 0.25) is 0 Å². The van der Waals surface area contributed by atoms with Crippen LogP contribution in [0.25, 0.3) is 0 Å². The van der Waals surface area contributed by atoms with Gasteiger partial charge < -0.3 is 10.6 Å². The zero-order chi connectivity index (χ0) is 15.1. The first-order valence-corrected chi connectivity index (χ1v) is 8.67. The van der Waals surface area contributed by atoms with Crippen molar-refractivity contribution in [1.29, 1.82) is 0 Å². The fourth-order valence-corrected chi connectivity index (χ4v) is 3.42. The van der Waals surface area contributed by atoms with Crippen LogP contribution in [0.4, 0.5) is 0 Å². The molecule has 0 bridgehead atoms. The summed E-state index contributed by atoms with van der Waals surface area (Å²) in [7, 11) is 3.70. The summed E-state index contributed by atoms with van der Waals surface area (Å²) in [6.45, 7) is 6.53. The fourth-order valence-electron chi connectivity index (χ4n) is 2.68. The van der Waals surface area contributed by atoms with Crippen LogP contribution in [0.15, 0.2) is 10.4 Å². The number of hydrogen-bond donors (Lipinski definition) is 2. The topological polar surface area (TPSA) is 52.6 Å². The molecule has 2 N–H and O–H groups in total. The number of piperidine rings is 1. The highest BCUT2D eigenvalue weighted by molar-refractivity contribution is 14.0. The predicted octanol–water partition coefficient (Wildman–Crippen LogP) is 2.33. The largest absolute Gasteiger partial charge is 0.359 e. The molecular weight excluding hydrogens is 409 g/mol. The summed E-state index contributed by atoms with van der Waals surface area (Å²) in [5.74, 6) is 1.62. The van der Waals surface area contributed by atoms with Gasteiger partial charge in [0.1, 0.15) is 0 Å². The van der Waals surface area contributed by atoms with Crippen LogP contribution in [-0.4, -0.2) is 49.6 Å². The Bertz CT molecular complexity index is 455. The van der Waals surface area contributed by atoms with Crippen LogP contribution >= 0.6 is 35.3 Å². The van der Waals surface area contributed by atoms with E-state index in [4.69, 9.17) is 0 Å². The Hall–Kier alpha value is -0.410. The van der Waals surface area contributed by atoms with Crippen LogP contribution in [0, 0.1) is 5.92 Å². The third-order valence-corrected chi connectivity index (χ3v) is 5.06. The molecule has 1 aliphatic rings. The fraction of sp³-hybridized carbons (Fsp3) is 0.733. The highest BCUT2D eigenvalue weighted by Crippen LogP contribution is 2.19. The van der Waals surface area contributed by atoms with Crippen LogP contribution in [0.1, 0.15) is 30.5 Å². The maximum Gasteiger partial charge on any atom is 0.190 e. The standard InChI is InChI=1S/C15H27N5S.HI/c1-4-14-19-13(11-21-14)10-20-7-5-12(6-8-20)9-18-15(16-2)17-3;/h11-12H,4-10H2,1-3H3,(H2,16,17,18);1H. The van der Waals surface area contributed by atoms with Gasteiger partial charge in [-0.15, -0.1) is 35.3 Å². The minimum atomic E-state index is 0. The highest BCUT2D eigenvalue weighted by atomic mass is 127. The van der Waals surface area contributed by atoms with Crippen LogP contribution in [0.3, 0.4) is 0 Å². The first-order valence-electron chi connectivity index (χ1n) is 7.79. The van der Waals surface area contributed by atoms with Gasteiger partial charge in [-0.3, -0.25) is 9.89 Å². The minimum Gasteiger partial charge on any atom is -0.359 e. The van der Waals surface area contributed by atoms with E-state index in [-0.39, 0.29) is 24.0 Å². The number of guanidine groups is 1. The lowest BCUT2D eigenvalue weighted by atomic mass is 9.97. The molecule has 0 aromatic carbocycles. The van der Waals surface area contributed by atoms with Crippen molar-refractivity contribution in [2.24, 2.45) is 10.9 Å².